The van der Waals surface area contributed by atoms with E-state index in [1.165, 1.54) is 0 Å². The van der Waals surface area contributed by atoms with Crippen molar-refractivity contribution in [2.75, 3.05) is 5.75 Å². The molecule has 0 N–H and O–H groups in total. The summed E-state index contributed by atoms with van der Waals surface area (Å²) < 4.78 is 1.80. The molecule has 3 aromatic rings. The number of aryl methyl sites for hydroxylation is 1. The summed E-state index contributed by atoms with van der Waals surface area (Å²) in [6, 6.07) is 15.1. The molecular formula is C17H13ClN3O2S-. The van der Waals surface area contributed by atoms with Gasteiger partial charge in [-0.15, -0.1) is 10.2 Å². The molecule has 7 heteroatoms. The van der Waals surface area contributed by atoms with Crippen molar-refractivity contribution in [3.63, 3.8) is 0 Å². The number of hydrogen-bond acceptors (Lipinski definition) is 5. The van der Waals surface area contributed by atoms with Crippen LogP contribution in [0.25, 0.3) is 17.1 Å². The lowest BCUT2D eigenvalue weighted by atomic mass is 10.1. The average Bonchev–Trinajstić information content (AvgIpc) is 2.97. The molecule has 0 aliphatic rings. The number of halogens is 1. The lowest BCUT2D eigenvalue weighted by molar-refractivity contribution is -0.301. The normalized spacial score (nSPS) is 10.8. The van der Waals surface area contributed by atoms with Gasteiger partial charge in [0, 0.05) is 16.3 Å². The minimum absolute atomic E-state index is 0.202. The fourth-order valence-corrected chi connectivity index (χ4v) is 3.16. The van der Waals surface area contributed by atoms with Crippen LogP contribution >= 0.6 is 23.4 Å². The smallest absolute Gasteiger partial charge is 0.196 e. The molecule has 0 radical (unpaired) electrons. The van der Waals surface area contributed by atoms with Gasteiger partial charge in [-0.25, -0.2) is 0 Å². The molecular weight excluding hydrogens is 346 g/mol. The Morgan fingerprint density at radius 1 is 1.21 bits per heavy atom. The molecule has 1 heterocycles. The first-order chi connectivity index (χ1) is 11.5. The summed E-state index contributed by atoms with van der Waals surface area (Å²) in [5.74, 6) is -0.730. The molecule has 0 aliphatic carbocycles. The predicted octanol–water partition coefficient (Wildman–Crippen LogP) is 2.74. The minimum Gasteiger partial charge on any atom is -0.549 e. The zero-order chi connectivity index (χ0) is 17.1. The molecule has 0 unspecified atom stereocenters. The molecule has 0 saturated heterocycles. The second kappa shape index (κ2) is 7.07. The Hall–Kier alpha value is -2.31. The molecule has 0 fully saturated rings. The summed E-state index contributed by atoms with van der Waals surface area (Å²) in [5, 5.41) is 20.2. The molecule has 0 atom stereocenters. The van der Waals surface area contributed by atoms with E-state index in [1.807, 2.05) is 43.3 Å². The number of thioether (sulfide) groups is 1. The molecule has 0 bridgehead atoms. The van der Waals surface area contributed by atoms with Gasteiger partial charge >= 0.3 is 0 Å². The van der Waals surface area contributed by atoms with Gasteiger partial charge in [-0.2, -0.15) is 0 Å². The topological polar surface area (TPSA) is 70.8 Å². The Morgan fingerprint density at radius 3 is 2.71 bits per heavy atom. The number of carbonyl (C=O) groups is 1. The van der Waals surface area contributed by atoms with Gasteiger partial charge < -0.3 is 9.90 Å². The number of carboxylic acid groups (broad SMARTS) is 1. The van der Waals surface area contributed by atoms with E-state index in [4.69, 9.17) is 11.6 Å². The largest absolute Gasteiger partial charge is 0.549 e. The van der Waals surface area contributed by atoms with Gasteiger partial charge in [-0.3, -0.25) is 4.57 Å². The molecule has 24 heavy (non-hydrogen) atoms. The zero-order valence-electron chi connectivity index (χ0n) is 12.8. The predicted molar refractivity (Wildman–Crippen MR) is 92.3 cm³/mol. The maximum atomic E-state index is 10.8. The average molecular weight is 359 g/mol. The number of aliphatic carboxylic acids is 1. The van der Waals surface area contributed by atoms with Gasteiger partial charge in [0.25, 0.3) is 0 Å². The van der Waals surface area contributed by atoms with Crippen LogP contribution in [0.5, 0.6) is 0 Å². The number of carbonyl (C=O) groups excluding carboxylic acids is 1. The maximum absolute atomic E-state index is 10.8. The van der Waals surface area contributed by atoms with Crippen LogP contribution in [-0.2, 0) is 4.79 Å². The third kappa shape index (κ3) is 3.60. The van der Waals surface area contributed by atoms with E-state index in [1.54, 1.807) is 16.7 Å². The lowest BCUT2D eigenvalue weighted by Gasteiger charge is -2.11. The van der Waals surface area contributed by atoms with Crippen molar-refractivity contribution in [1.82, 2.24) is 14.8 Å². The van der Waals surface area contributed by atoms with Crippen molar-refractivity contribution in [3.8, 4) is 17.1 Å². The fraction of sp³-hybridized carbons (Fsp3) is 0.118. The molecule has 0 amide bonds. The summed E-state index contributed by atoms with van der Waals surface area (Å²) in [6.07, 6.45) is 0. The number of aromatic nitrogens is 3. The van der Waals surface area contributed by atoms with Gasteiger partial charge in [0.2, 0.25) is 0 Å². The molecule has 2 aromatic carbocycles. The van der Waals surface area contributed by atoms with Crippen molar-refractivity contribution in [3.05, 3.63) is 59.1 Å². The molecule has 0 saturated carbocycles. The van der Waals surface area contributed by atoms with Crippen LogP contribution in [-0.4, -0.2) is 26.5 Å². The highest BCUT2D eigenvalue weighted by molar-refractivity contribution is 7.99. The monoisotopic (exact) mass is 358 g/mol. The van der Waals surface area contributed by atoms with E-state index in [-0.39, 0.29) is 5.75 Å². The number of carboxylic acids is 1. The van der Waals surface area contributed by atoms with Gasteiger partial charge in [0.15, 0.2) is 11.0 Å². The zero-order valence-corrected chi connectivity index (χ0v) is 14.3. The number of nitrogens with zero attached hydrogens (tertiary/aromatic N) is 3. The van der Waals surface area contributed by atoms with E-state index in [0.29, 0.717) is 16.0 Å². The SMILES string of the molecule is Cc1cccc(-c2nnc(SCC(=O)[O-])n2-c2cccc(Cl)c2)c1. The second-order valence-corrected chi connectivity index (χ2v) is 6.53. The van der Waals surface area contributed by atoms with E-state index in [2.05, 4.69) is 10.2 Å². The van der Waals surface area contributed by atoms with Gasteiger partial charge in [0.05, 0.1) is 11.7 Å². The number of benzene rings is 2. The Bertz CT molecular complexity index is 895. The first-order valence-corrected chi connectivity index (χ1v) is 8.52. The first-order valence-electron chi connectivity index (χ1n) is 7.15. The summed E-state index contributed by atoms with van der Waals surface area (Å²) in [6.45, 7) is 2.00. The minimum atomic E-state index is -1.15. The van der Waals surface area contributed by atoms with Crippen LogP contribution in [0.3, 0.4) is 0 Å². The number of hydrogen-bond donors (Lipinski definition) is 0. The van der Waals surface area contributed by atoms with Crippen molar-refractivity contribution >= 4 is 29.3 Å². The molecule has 5 nitrogen and oxygen atoms in total. The van der Waals surface area contributed by atoms with Crippen LogP contribution in [0, 0.1) is 6.92 Å². The van der Waals surface area contributed by atoms with Gasteiger partial charge in [-0.05, 0) is 31.2 Å². The van der Waals surface area contributed by atoms with Crippen LogP contribution in [0.4, 0.5) is 0 Å². The van der Waals surface area contributed by atoms with E-state index >= 15 is 0 Å². The Kier molecular flexibility index (Phi) is 4.87. The van der Waals surface area contributed by atoms with Crippen molar-refractivity contribution < 1.29 is 9.90 Å². The Balaban J connectivity index is 2.14. The van der Waals surface area contributed by atoms with E-state index in [0.717, 1.165) is 28.6 Å². The summed E-state index contributed by atoms with van der Waals surface area (Å²) >= 11 is 7.16. The Morgan fingerprint density at radius 2 is 2.00 bits per heavy atom. The van der Waals surface area contributed by atoms with Crippen LogP contribution < -0.4 is 5.11 Å². The highest BCUT2D eigenvalue weighted by Gasteiger charge is 2.16. The van der Waals surface area contributed by atoms with Crippen molar-refractivity contribution in [1.29, 1.82) is 0 Å². The highest BCUT2D eigenvalue weighted by Crippen LogP contribution is 2.29. The van der Waals surface area contributed by atoms with Crippen LogP contribution in [0.15, 0.2) is 53.7 Å². The van der Waals surface area contributed by atoms with Crippen molar-refractivity contribution in [2.24, 2.45) is 0 Å². The second-order valence-electron chi connectivity index (χ2n) is 5.15. The highest BCUT2D eigenvalue weighted by atomic mass is 35.5. The third-order valence-electron chi connectivity index (χ3n) is 3.30. The molecule has 0 aliphatic heterocycles. The van der Waals surface area contributed by atoms with Gasteiger partial charge in [0.1, 0.15) is 0 Å². The molecule has 1 aromatic heterocycles. The lowest BCUT2D eigenvalue weighted by Crippen LogP contribution is -2.24. The maximum Gasteiger partial charge on any atom is 0.196 e. The third-order valence-corrected chi connectivity index (χ3v) is 4.43. The van der Waals surface area contributed by atoms with Gasteiger partial charge in [-0.1, -0.05) is 53.2 Å². The number of rotatable bonds is 5. The van der Waals surface area contributed by atoms with Crippen LogP contribution in [0.1, 0.15) is 5.56 Å². The molecule has 0 spiro atoms. The van der Waals surface area contributed by atoms with Crippen LogP contribution in [0.2, 0.25) is 5.02 Å². The molecule has 122 valence electrons. The fourth-order valence-electron chi connectivity index (χ4n) is 2.31. The van der Waals surface area contributed by atoms with E-state index in [9.17, 15) is 9.90 Å². The van der Waals surface area contributed by atoms with E-state index < -0.39 is 5.97 Å². The quantitative estimate of drug-likeness (QED) is 0.656. The summed E-state index contributed by atoms with van der Waals surface area (Å²) in [5.41, 5.74) is 2.75. The Labute approximate surface area is 148 Å². The molecule has 3 rings (SSSR count). The summed E-state index contributed by atoms with van der Waals surface area (Å²) in [4.78, 5) is 10.8. The first kappa shape index (κ1) is 16.5. The van der Waals surface area contributed by atoms with Crippen molar-refractivity contribution in [2.45, 2.75) is 12.1 Å². The summed E-state index contributed by atoms with van der Waals surface area (Å²) in [7, 11) is 0. The standard InChI is InChI=1S/C17H14ClN3O2S/c1-11-4-2-5-12(8-11)16-19-20-17(24-10-15(22)23)21(16)14-7-3-6-13(18)9-14/h2-9H,10H2,1H3,(H,22,23)/p-1.